The molecule has 6 heteroatoms. The molecule has 0 radical (unpaired) electrons. The van der Waals surface area contributed by atoms with Crippen molar-refractivity contribution in [1.29, 1.82) is 0 Å². The van der Waals surface area contributed by atoms with E-state index >= 15 is 0 Å². The maximum atomic E-state index is 12.1. The third-order valence-corrected chi connectivity index (χ3v) is 3.66. The third-order valence-electron chi connectivity index (χ3n) is 3.66. The van der Waals surface area contributed by atoms with Gasteiger partial charge >= 0.3 is 0 Å². The Labute approximate surface area is 139 Å². The summed E-state index contributed by atoms with van der Waals surface area (Å²) in [6, 6.07) is 11.4. The van der Waals surface area contributed by atoms with E-state index in [1.807, 2.05) is 19.1 Å². The molecular formula is C18H18N2O4. The van der Waals surface area contributed by atoms with Crippen LogP contribution in [0.25, 0.3) is 0 Å². The van der Waals surface area contributed by atoms with Gasteiger partial charge in [0, 0.05) is 30.5 Å². The molecule has 0 aliphatic rings. The fraction of sp³-hybridized carbons (Fsp3) is 0.222. The minimum absolute atomic E-state index is 0.0227. The average molecular weight is 326 g/mol. The van der Waals surface area contributed by atoms with Gasteiger partial charge in [-0.25, -0.2) is 0 Å². The molecule has 0 aliphatic heterocycles. The number of rotatable bonds is 6. The van der Waals surface area contributed by atoms with Crippen LogP contribution >= 0.6 is 0 Å². The zero-order valence-electron chi connectivity index (χ0n) is 13.5. The van der Waals surface area contributed by atoms with Gasteiger partial charge in [0.1, 0.15) is 0 Å². The Kier molecular flexibility index (Phi) is 5.42. The van der Waals surface area contributed by atoms with E-state index in [2.05, 4.69) is 5.32 Å². The van der Waals surface area contributed by atoms with Crippen LogP contribution in [0.4, 0.5) is 11.4 Å². The largest absolute Gasteiger partial charge is 0.326 e. The third kappa shape index (κ3) is 4.49. The number of nitrogens with zero attached hydrogens (tertiary/aromatic N) is 1. The highest BCUT2D eigenvalue weighted by molar-refractivity contribution is 6.00. The van der Waals surface area contributed by atoms with Crippen molar-refractivity contribution in [3.8, 4) is 0 Å². The number of carbonyl (C=O) groups is 2. The minimum Gasteiger partial charge on any atom is -0.326 e. The lowest BCUT2D eigenvalue weighted by Gasteiger charge is -2.08. The molecule has 0 fully saturated rings. The lowest BCUT2D eigenvalue weighted by atomic mass is 10.0. The Morgan fingerprint density at radius 3 is 2.33 bits per heavy atom. The Bertz CT molecular complexity index is 782. The predicted molar refractivity (Wildman–Crippen MR) is 91.2 cm³/mol. The normalized spacial score (nSPS) is 10.2. The number of ketones is 1. The molecule has 24 heavy (non-hydrogen) atoms. The highest BCUT2D eigenvalue weighted by atomic mass is 16.6. The maximum absolute atomic E-state index is 12.1. The first-order chi connectivity index (χ1) is 11.4. The van der Waals surface area contributed by atoms with Gasteiger partial charge in [-0.3, -0.25) is 19.7 Å². The zero-order valence-corrected chi connectivity index (χ0v) is 13.5. The second kappa shape index (κ2) is 7.50. The first kappa shape index (κ1) is 17.3. The van der Waals surface area contributed by atoms with Crippen LogP contribution in [-0.4, -0.2) is 16.6 Å². The van der Waals surface area contributed by atoms with E-state index in [9.17, 15) is 19.7 Å². The lowest BCUT2D eigenvalue weighted by molar-refractivity contribution is -0.384. The van der Waals surface area contributed by atoms with Crippen molar-refractivity contribution in [2.75, 3.05) is 5.32 Å². The first-order valence-corrected chi connectivity index (χ1v) is 7.51. The molecule has 124 valence electrons. The molecule has 1 N–H and O–H groups in total. The Morgan fingerprint density at radius 2 is 1.71 bits per heavy atom. The Morgan fingerprint density at radius 1 is 1.04 bits per heavy atom. The molecule has 2 rings (SSSR count). The van der Waals surface area contributed by atoms with Crippen LogP contribution in [0.5, 0.6) is 0 Å². The van der Waals surface area contributed by atoms with Gasteiger partial charge in [-0.2, -0.15) is 0 Å². The Hall–Kier alpha value is -3.02. The predicted octanol–water partition coefficient (Wildman–Crippen LogP) is 3.81. The molecule has 0 aromatic heterocycles. The number of benzene rings is 2. The number of Topliss-reactive ketones (excluding diaryl/α,β-unsaturated/α-hetero) is 1. The molecule has 0 aliphatic carbocycles. The summed E-state index contributed by atoms with van der Waals surface area (Å²) in [5.41, 5.74) is 2.65. The van der Waals surface area contributed by atoms with E-state index in [0.717, 1.165) is 11.1 Å². The van der Waals surface area contributed by atoms with Crippen molar-refractivity contribution in [3.05, 3.63) is 69.3 Å². The Balaban J connectivity index is 1.96. The molecule has 0 unspecified atom stereocenters. The van der Waals surface area contributed by atoms with Crippen molar-refractivity contribution < 1.29 is 14.5 Å². The summed E-state index contributed by atoms with van der Waals surface area (Å²) < 4.78 is 0. The molecule has 0 saturated carbocycles. The summed E-state index contributed by atoms with van der Waals surface area (Å²) in [6.45, 7) is 3.68. The van der Waals surface area contributed by atoms with Gasteiger partial charge in [0.25, 0.3) is 5.69 Å². The molecule has 0 heterocycles. The van der Waals surface area contributed by atoms with E-state index in [0.29, 0.717) is 11.3 Å². The minimum atomic E-state index is -0.518. The van der Waals surface area contributed by atoms with Gasteiger partial charge in [0.05, 0.1) is 10.6 Å². The number of hydrogen-bond acceptors (Lipinski definition) is 4. The number of aryl methyl sites for hydroxylation is 2. The van der Waals surface area contributed by atoms with Crippen LogP contribution < -0.4 is 5.32 Å². The summed E-state index contributed by atoms with van der Waals surface area (Å²) in [7, 11) is 0. The summed E-state index contributed by atoms with van der Waals surface area (Å²) in [6.07, 6.45) is 0.109. The molecule has 0 saturated heterocycles. The van der Waals surface area contributed by atoms with Gasteiger partial charge in [-0.1, -0.05) is 35.9 Å². The van der Waals surface area contributed by atoms with E-state index in [1.54, 1.807) is 25.1 Å². The molecule has 2 aromatic rings. The van der Waals surface area contributed by atoms with Crippen LogP contribution in [0.1, 0.15) is 34.3 Å². The van der Waals surface area contributed by atoms with Crippen molar-refractivity contribution in [1.82, 2.24) is 0 Å². The number of carbonyl (C=O) groups excluding carboxylic acids is 2. The SMILES string of the molecule is Cc1ccc(C(=O)CCC(=O)Nc2cc([N+](=O)[O-])ccc2C)cc1. The summed E-state index contributed by atoms with van der Waals surface area (Å²) in [5.74, 6) is -0.458. The zero-order chi connectivity index (χ0) is 17.7. The molecule has 6 nitrogen and oxygen atoms in total. The topological polar surface area (TPSA) is 89.3 Å². The number of hydrogen-bond donors (Lipinski definition) is 1. The average Bonchev–Trinajstić information content (AvgIpc) is 2.55. The molecule has 0 atom stereocenters. The number of nitrogens with one attached hydrogen (secondary N) is 1. The molecule has 1 amide bonds. The summed E-state index contributed by atoms with van der Waals surface area (Å²) in [4.78, 5) is 34.3. The highest BCUT2D eigenvalue weighted by Gasteiger charge is 2.13. The van der Waals surface area contributed by atoms with Gasteiger partial charge < -0.3 is 5.32 Å². The highest BCUT2D eigenvalue weighted by Crippen LogP contribution is 2.22. The standard InChI is InChI=1S/C18H18N2O4/c1-12-3-6-14(7-4-12)17(21)9-10-18(22)19-16-11-15(20(23)24)8-5-13(16)2/h3-8,11H,9-10H2,1-2H3,(H,19,22). The monoisotopic (exact) mass is 326 g/mol. The van der Waals surface area contributed by atoms with E-state index in [1.165, 1.54) is 12.1 Å². The second-order valence-electron chi connectivity index (χ2n) is 5.59. The molecule has 2 aromatic carbocycles. The van der Waals surface area contributed by atoms with Crippen LogP contribution in [0, 0.1) is 24.0 Å². The van der Waals surface area contributed by atoms with E-state index in [4.69, 9.17) is 0 Å². The van der Waals surface area contributed by atoms with Crippen LogP contribution in [-0.2, 0) is 4.79 Å². The van der Waals surface area contributed by atoms with Crippen LogP contribution in [0.2, 0.25) is 0 Å². The van der Waals surface area contributed by atoms with E-state index < -0.39 is 4.92 Å². The quantitative estimate of drug-likeness (QED) is 0.496. The first-order valence-electron chi connectivity index (χ1n) is 7.51. The van der Waals surface area contributed by atoms with Gasteiger partial charge in [-0.15, -0.1) is 0 Å². The van der Waals surface area contributed by atoms with Crippen LogP contribution in [0.15, 0.2) is 42.5 Å². The molecule has 0 bridgehead atoms. The number of nitro benzene ring substituents is 1. The second-order valence-corrected chi connectivity index (χ2v) is 5.59. The molecule has 0 spiro atoms. The number of non-ortho nitro benzene ring substituents is 1. The van der Waals surface area contributed by atoms with Crippen molar-refractivity contribution in [2.24, 2.45) is 0 Å². The molecular weight excluding hydrogens is 308 g/mol. The van der Waals surface area contributed by atoms with Gasteiger partial charge in [0.15, 0.2) is 5.78 Å². The summed E-state index contributed by atoms with van der Waals surface area (Å²) >= 11 is 0. The summed E-state index contributed by atoms with van der Waals surface area (Å²) in [5, 5.41) is 13.4. The van der Waals surface area contributed by atoms with Crippen LogP contribution in [0.3, 0.4) is 0 Å². The van der Waals surface area contributed by atoms with Crippen molar-refractivity contribution in [3.63, 3.8) is 0 Å². The number of nitro groups is 1. The van der Waals surface area contributed by atoms with Crippen molar-refractivity contribution in [2.45, 2.75) is 26.7 Å². The van der Waals surface area contributed by atoms with Gasteiger partial charge in [-0.05, 0) is 19.4 Å². The number of amides is 1. The fourth-order valence-electron chi connectivity index (χ4n) is 2.18. The van der Waals surface area contributed by atoms with E-state index in [-0.39, 0.29) is 30.2 Å². The van der Waals surface area contributed by atoms with Crippen molar-refractivity contribution >= 4 is 23.1 Å². The fourth-order valence-corrected chi connectivity index (χ4v) is 2.18. The lowest BCUT2D eigenvalue weighted by Crippen LogP contribution is -2.14. The maximum Gasteiger partial charge on any atom is 0.271 e. The number of anilines is 1. The van der Waals surface area contributed by atoms with Gasteiger partial charge in [0.2, 0.25) is 5.91 Å². The smallest absolute Gasteiger partial charge is 0.271 e.